The lowest BCUT2D eigenvalue weighted by atomic mass is 9.93. The van der Waals surface area contributed by atoms with Gasteiger partial charge in [0.15, 0.2) is 0 Å². The molecule has 1 aromatic heterocycles. The number of nitrogens with zero attached hydrogens (tertiary/aromatic N) is 2. The molecule has 0 saturated carbocycles. The van der Waals surface area contributed by atoms with Gasteiger partial charge in [0.1, 0.15) is 0 Å². The van der Waals surface area contributed by atoms with E-state index in [0.29, 0.717) is 30.7 Å². The van der Waals surface area contributed by atoms with Gasteiger partial charge in [-0.2, -0.15) is 0 Å². The maximum atomic E-state index is 12.8. The third-order valence-corrected chi connectivity index (χ3v) is 5.84. The molecular formula is C22H26N4O2. The molecule has 1 aromatic carbocycles. The summed E-state index contributed by atoms with van der Waals surface area (Å²) in [6.45, 7) is 1.90. The average Bonchev–Trinajstić information content (AvgIpc) is 3.35. The van der Waals surface area contributed by atoms with Crippen molar-refractivity contribution in [1.82, 2.24) is 20.5 Å². The number of carbonyl (C=O) groups excluding carboxylic acids is 2. The molecule has 146 valence electrons. The van der Waals surface area contributed by atoms with E-state index in [1.54, 1.807) is 18.3 Å². The van der Waals surface area contributed by atoms with Crippen LogP contribution in [-0.2, 0) is 4.79 Å². The molecular weight excluding hydrogens is 352 g/mol. The predicted octanol–water partition coefficient (Wildman–Crippen LogP) is 2.15. The third kappa shape index (κ3) is 3.92. The Hall–Kier alpha value is -2.73. The zero-order valence-corrected chi connectivity index (χ0v) is 15.9. The fraction of sp³-hybridized carbons (Fsp3) is 0.409. The van der Waals surface area contributed by atoms with Gasteiger partial charge in [-0.3, -0.25) is 19.5 Å². The summed E-state index contributed by atoms with van der Waals surface area (Å²) < 4.78 is 0. The quantitative estimate of drug-likeness (QED) is 0.756. The second-order valence-corrected chi connectivity index (χ2v) is 7.50. The zero-order chi connectivity index (χ0) is 19.3. The van der Waals surface area contributed by atoms with Gasteiger partial charge in [-0.1, -0.05) is 30.3 Å². The highest BCUT2D eigenvalue weighted by atomic mass is 16.2. The molecule has 0 bridgehead atoms. The second-order valence-electron chi connectivity index (χ2n) is 7.50. The molecule has 2 aromatic rings. The summed E-state index contributed by atoms with van der Waals surface area (Å²) in [5.41, 5.74) is 1.82. The standard InChI is InChI=1S/C22H26N4O2/c27-21(17-8-4-10-23-15-17)24-11-12-25-22(28)18-14-20(16-6-2-1-3-7-16)26-13-5-9-19(18)26/h1-4,6-8,10,15,18-20H,5,9,11-14H2,(H,24,27)(H,25,28)/t18-,19+,20-/m1/s1. The van der Waals surface area contributed by atoms with Crippen LogP contribution in [0, 0.1) is 5.92 Å². The number of pyridine rings is 1. The van der Waals surface area contributed by atoms with Gasteiger partial charge in [0.2, 0.25) is 5.91 Å². The lowest BCUT2D eigenvalue weighted by Crippen LogP contribution is -2.40. The Morgan fingerprint density at radius 2 is 1.89 bits per heavy atom. The molecule has 2 saturated heterocycles. The Morgan fingerprint density at radius 3 is 2.68 bits per heavy atom. The molecule has 0 radical (unpaired) electrons. The van der Waals surface area contributed by atoms with Crippen molar-refractivity contribution in [2.45, 2.75) is 31.3 Å². The highest BCUT2D eigenvalue weighted by molar-refractivity contribution is 5.93. The molecule has 2 amide bonds. The molecule has 3 atom stereocenters. The highest BCUT2D eigenvalue weighted by Gasteiger charge is 2.46. The van der Waals surface area contributed by atoms with Crippen molar-refractivity contribution in [3.8, 4) is 0 Å². The van der Waals surface area contributed by atoms with Crippen LogP contribution in [-0.4, -0.2) is 47.4 Å². The van der Waals surface area contributed by atoms with Gasteiger partial charge >= 0.3 is 0 Å². The third-order valence-electron chi connectivity index (χ3n) is 5.84. The summed E-state index contributed by atoms with van der Waals surface area (Å²) in [6, 6.07) is 14.6. The Balaban J connectivity index is 1.29. The van der Waals surface area contributed by atoms with Crippen LogP contribution in [0.3, 0.4) is 0 Å². The number of fused-ring (bicyclic) bond motifs is 1. The van der Waals surface area contributed by atoms with Crippen LogP contribution in [0.25, 0.3) is 0 Å². The molecule has 6 nitrogen and oxygen atoms in total. The molecule has 3 heterocycles. The van der Waals surface area contributed by atoms with E-state index in [2.05, 4.69) is 44.8 Å². The minimum absolute atomic E-state index is 0.0155. The molecule has 28 heavy (non-hydrogen) atoms. The van der Waals surface area contributed by atoms with Crippen molar-refractivity contribution in [3.63, 3.8) is 0 Å². The van der Waals surface area contributed by atoms with Crippen LogP contribution in [0.15, 0.2) is 54.9 Å². The van der Waals surface area contributed by atoms with Crippen LogP contribution in [0.5, 0.6) is 0 Å². The number of hydrogen-bond acceptors (Lipinski definition) is 4. The minimum Gasteiger partial charge on any atom is -0.354 e. The Kier molecular flexibility index (Phi) is 5.67. The highest BCUT2D eigenvalue weighted by Crippen LogP contribution is 2.44. The molecule has 2 aliphatic heterocycles. The van der Waals surface area contributed by atoms with E-state index in [-0.39, 0.29) is 17.7 Å². The normalized spacial score (nSPS) is 23.9. The Labute approximate surface area is 165 Å². The first-order valence-electron chi connectivity index (χ1n) is 10.0. The molecule has 0 aliphatic carbocycles. The van der Waals surface area contributed by atoms with E-state index in [4.69, 9.17) is 0 Å². The maximum Gasteiger partial charge on any atom is 0.252 e. The van der Waals surface area contributed by atoms with Crippen molar-refractivity contribution < 1.29 is 9.59 Å². The maximum absolute atomic E-state index is 12.8. The number of benzene rings is 1. The van der Waals surface area contributed by atoms with E-state index in [9.17, 15) is 9.59 Å². The van der Waals surface area contributed by atoms with E-state index in [0.717, 1.165) is 25.8 Å². The molecule has 0 spiro atoms. The fourth-order valence-electron chi connectivity index (χ4n) is 4.54. The minimum atomic E-state index is -0.172. The summed E-state index contributed by atoms with van der Waals surface area (Å²) in [5, 5.41) is 5.84. The molecule has 2 aliphatic rings. The van der Waals surface area contributed by atoms with Gasteiger partial charge < -0.3 is 10.6 Å². The number of nitrogens with one attached hydrogen (secondary N) is 2. The number of amides is 2. The summed E-state index contributed by atoms with van der Waals surface area (Å²) in [6.07, 6.45) is 6.26. The van der Waals surface area contributed by atoms with Crippen LogP contribution in [0.4, 0.5) is 0 Å². The van der Waals surface area contributed by atoms with Crippen molar-refractivity contribution in [2.24, 2.45) is 5.92 Å². The predicted molar refractivity (Wildman–Crippen MR) is 107 cm³/mol. The summed E-state index contributed by atoms with van der Waals surface area (Å²) in [7, 11) is 0. The topological polar surface area (TPSA) is 74.3 Å². The van der Waals surface area contributed by atoms with Gasteiger partial charge in [0, 0.05) is 37.6 Å². The SMILES string of the molecule is O=C(NCCNC(=O)[C@@H]1C[C@H](c2ccccc2)N2CCC[C@@H]12)c1cccnc1. The lowest BCUT2D eigenvalue weighted by molar-refractivity contribution is -0.125. The first-order valence-corrected chi connectivity index (χ1v) is 10.0. The van der Waals surface area contributed by atoms with Crippen LogP contribution in [0.2, 0.25) is 0 Å². The van der Waals surface area contributed by atoms with Crippen molar-refractivity contribution in [2.75, 3.05) is 19.6 Å². The first kappa shape index (κ1) is 18.6. The van der Waals surface area contributed by atoms with E-state index < -0.39 is 0 Å². The van der Waals surface area contributed by atoms with Crippen molar-refractivity contribution in [3.05, 3.63) is 66.0 Å². The average molecular weight is 378 g/mol. The summed E-state index contributed by atoms with van der Waals surface area (Å²) in [4.78, 5) is 31.3. The van der Waals surface area contributed by atoms with E-state index in [1.807, 2.05) is 6.07 Å². The van der Waals surface area contributed by atoms with Crippen LogP contribution < -0.4 is 10.6 Å². The largest absolute Gasteiger partial charge is 0.354 e. The number of carbonyl (C=O) groups is 2. The second kappa shape index (κ2) is 8.52. The lowest BCUT2D eigenvalue weighted by Gasteiger charge is -2.24. The van der Waals surface area contributed by atoms with Crippen LogP contribution >= 0.6 is 0 Å². The van der Waals surface area contributed by atoms with Gasteiger partial charge in [-0.15, -0.1) is 0 Å². The number of aromatic nitrogens is 1. The van der Waals surface area contributed by atoms with E-state index >= 15 is 0 Å². The Bertz CT molecular complexity index is 812. The monoisotopic (exact) mass is 378 g/mol. The van der Waals surface area contributed by atoms with Crippen molar-refractivity contribution in [1.29, 1.82) is 0 Å². The molecule has 0 unspecified atom stereocenters. The summed E-state index contributed by atoms with van der Waals surface area (Å²) in [5.74, 6) is -0.0537. The first-order chi connectivity index (χ1) is 13.7. The molecule has 6 heteroatoms. The van der Waals surface area contributed by atoms with E-state index in [1.165, 1.54) is 11.8 Å². The molecule has 2 fully saturated rings. The number of rotatable bonds is 6. The summed E-state index contributed by atoms with van der Waals surface area (Å²) >= 11 is 0. The van der Waals surface area contributed by atoms with Gasteiger partial charge in [0.05, 0.1) is 11.5 Å². The fourth-order valence-corrected chi connectivity index (χ4v) is 4.54. The molecule has 2 N–H and O–H groups in total. The number of hydrogen-bond donors (Lipinski definition) is 2. The molecule has 4 rings (SSSR count). The van der Waals surface area contributed by atoms with Gasteiger partial charge in [-0.25, -0.2) is 0 Å². The van der Waals surface area contributed by atoms with Gasteiger partial charge in [0.25, 0.3) is 5.91 Å². The van der Waals surface area contributed by atoms with Gasteiger partial charge in [-0.05, 0) is 43.5 Å². The Morgan fingerprint density at radius 1 is 1.07 bits per heavy atom. The zero-order valence-electron chi connectivity index (χ0n) is 15.9. The smallest absolute Gasteiger partial charge is 0.252 e. The van der Waals surface area contributed by atoms with Crippen molar-refractivity contribution >= 4 is 11.8 Å². The van der Waals surface area contributed by atoms with Crippen LogP contribution in [0.1, 0.15) is 41.2 Å².